The van der Waals surface area contributed by atoms with Crippen LogP contribution in [0.3, 0.4) is 0 Å². The first-order valence-corrected chi connectivity index (χ1v) is 4.34. The first kappa shape index (κ1) is 9.60. The number of hydrogen-bond acceptors (Lipinski definition) is 5. The van der Waals surface area contributed by atoms with Gasteiger partial charge in [-0.3, -0.25) is 10.1 Å². The maximum atomic E-state index is 11.5. The van der Waals surface area contributed by atoms with Crippen LogP contribution < -0.4 is 5.32 Å². The molecule has 0 saturated carbocycles. The average molecular weight is 225 g/mol. The van der Waals surface area contributed by atoms with E-state index in [0.29, 0.717) is 0 Å². The minimum absolute atomic E-state index is 0.0902. The molecule has 0 aliphatic carbocycles. The summed E-state index contributed by atoms with van der Waals surface area (Å²) >= 11 is 5.52. The second-order valence-corrected chi connectivity index (χ2v) is 2.90. The lowest BCUT2D eigenvalue weighted by Crippen LogP contribution is -2.13. The molecular formula is C8H5ClN4O2. The Labute approximate surface area is 89.3 Å². The smallest absolute Gasteiger partial charge is 0.293 e. The molecular weight excluding hydrogens is 220 g/mol. The molecule has 0 aliphatic rings. The van der Waals surface area contributed by atoms with Crippen LogP contribution in [0.4, 0.5) is 5.95 Å². The predicted octanol–water partition coefficient (Wildman–Crippen LogP) is 1.37. The second-order valence-electron chi connectivity index (χ2n) is 2.52. The average Bonchev–Trinajstić information content (AvgIpc) is 2.66. The van der Waals surface area contributed by atoms with Gasteiger partial charge in [-0.05, 0) is 23.7 Å². The van der Waals surface area contributed by atoms with Crippen molar-refractivity contribution in [2.75, 3.05) is 5.32 Å². The number of nitrogens with one attached hydrogen (secondary N) is 1. The molecule has 0 radical (unpaired) electrons. The van der Waals surface area contributed by atoms with Crippen LogP contribution >= 0.6 is 11.6 Å². The normalized spacial score (nSPS) is 9.93. The fourth-order valence-corrected chi connectivity index (χ4v) is 1.05. The van der Waals surface area contributed by atoms with Crippen molar-refractivity contribution < 1.29 is 9.21 Å². The summed E-state index contributed by atoms with van der Waals surface area (Å²) in [6.45, 7) is 0. The molecule has 0 aromatic carbocycles. The molecule has 2 aromatic heterocycles. The van der Waals surface area contributed by atoms with Crippen molar-refractivity contribution in [3.8, 4) is 0 Å². The number of halogens is 1. The minimum Gasteiger partial charge on any atom is -0.440 e. The number of rotatable bonds is 2. The highest BCUT2D eigenvalue weighted by molar-refractivity contribution is 6.29. The van der Waals surface area contributed by atoms with E-state index in [4.69, 9.17) is 16.0 Å². The van der Waals surface area contributed by atoms with Crippen molar-refractivity contribution in [3.63, 3.8) is 0 Å². The number of furan rings is 1. The van der Waals surface area contributed by atoms with Gasteiger partial charge < -0.3 is 4.42 Å². The first-order valence-electron chi connectivity index (χ1n) is 3.96. The molecule has 2 aromatic rings. The van der Waals surface area contributed by atoms with Gasteiger partial charge in [0.1, 0.15) is 0 Å². The van der Waals surface area contributed by atoms with Gasteiger partial charge in [-0.25, -0.2) is 4.98 Å². The summed E-state index contributed by atoms with van der Waals surface area (Å²) in [5, 5.41) is 9.68. The highest BCUT2D eigenvalue weighted by Gasteiger charge is 2.11. The summed E-state index contributed by atoms with van der Waals surface area (Å²) in [5.74, 6) is -0.280. The summed E-state index contributed by atoms with van der Waals surface area (Å²) in [4.78, 5) is 15.2. The molecule has 0 aliphatic heterocycles. The molecule has 0 spiro atoms. The van der Waals surface area contributed by atoms with Crippen molar-refractivity contribution >= 4 is 23.5 Å². The molecule has 15 heavy (non-hydrogen) atoms. The number of anilines is 1. The Morgan fingerprint density at radius 3 is 2.87 bits per heavy atom. The molecule has 0 fully saturated rings. The van der Waals surface area contributed by atoms with E-state index in [1.54, 1.807) is 0 Å². The van der Waals surface area contributed by atoms with Crippen molar-refractivity contribution in [3.05, 3.63) is 35.5 Å². The Balaban J connectivity index is 2.11. The number of hydrogen-bond donors (Lipinski definition) is 1. The topological polar surface area (TPSA) is 80.9 Å². The molecule has 2 rings (SSSR count). The first-order chi connectivity index (χ1) is 7.25. The molecule has 0 bridgehead atoms. The third kappa shape index (κ3) is 2.29. The van der Waals surface area contributed by atoms with Gasteiger partial charge in [0.25, 0.3) is 5.91 Å². The van der Waals surface area contributed by atoms with Crippen LogP contribution in [0.1, 0.15) is 10.6 Å². The van der Waals surface area contributed by atoms with Crippen molar-refractivity contribution in [1.29, 1.82) is 0 Å². The molecule has 76 valence electrons. The van der Waals surface area contributed by atoms with Gasteiger partial charge in [-0.1, -0.05) is 0 Å². The van der Waals surface area contributed by atoms with Crippen molar-refractivity contribution in [1.82, 2.24) is 15.2 Å². The molecule has 2 heterocycles. The zero-order valence-electron chi connectivity index (χ0n) is 7.35. The summed E-state index contributed by atoms with van der Waals surface area (Å²) < 4.78 is 4.89. The Morgan fingerprint density at radius 1 is 1.40 bits per heavy atom. The van der Waals surface area contributed by atoms with E-state index in [1.165, 1.54) is 24.5 Å². The molecule has 6 nitrogen and oxygen atoms in total. The number of carbonyl (C=O) groups excluding carboxylic acids is 1. The Bertz CT molecular complexity index is 471. The van der Waals surface area contributed by atoms with E-state index in [-0.39, 0.29) is 16.9 Å². The van der Waals surface area contributed by atoms with Crippen LogP contribution in [0.25, 0.3) is 0 Å². The SMILES string of the molecule is O=C(Nc1nccnn1)c1ccc(Cl)o1. The van der Waals surface area contributed by atoms with Gasteiger partial charge >= 0.3 is 0 Å². The third-order valence-electron chi connectivity index (χ3n) is 1.50. The van der Waals surface area contributed by atoms with E-state index in [9.17, 15) is 4.79 Å². The van der Waals surface area contributed by atoms with Gasteiger partial charge in [0.05, 0.1) is 12.4 Å². The highest BCUT2D eigenvalue weighted by Crippen LogP contribution is 2.13. The lowest BCUT2D eigenvalue weighted by Gasteiger charge is -1.98. The minimum atomic E-state index is -0.477. The van der Waals surface area contributed by atoms with Crippen LogP contribution in [0.15, 0.2) is 28.9 Å². The molecule has 0 unspecified atom stereocenters. The van der Waals surface area contributed by atoms with Crippen LogP contribution in [0, 0.1) is 0 Å². The Morgan fingerprint density at radius 2 is 2.27 bits per heavy atom. The van der Waals surface area contributed by atoms with Gasteiger partial charge in [0.2, 0.25) is 5.95 Å². The van der Waals surface area contributed by atoms with E-state index in [0.717, 1.165) is 0 Å². The molecule has 0 atom stereocenters. The predicted molar refractivity (Wildman–Crippen MR) is 51.5 cm³/mol. The molecule has 1 amide bonds. The highest BCUT2D eigenvalue weighted by atomic mass is 35.5. The van der Waals surface area contributed by atoms with Gasteiger partial charge in [0, 0.05) is 0 Å². The van der Waals surface area contributed by atoms with E-state index < -0.39 is 5.91 Å². The Hall–Kier alpha value is -1.95. The van der Waals surface area contributed by atoms with Gasteiger partial charge in [-0.2, -0.15) is 5.10 Å². The summed E-state index contributed by atoms with van der Waals surface area (Å²) in [6, 6.07) is 2.93. The van der Waals surface area contributed by atoms with E-state index >= 15 is 0 Å². The Kier molecular flexibility index (Phi) is 2.59. The second kappa shape index (κ2) is 4.05. The van der Waals surface area contributed by atoms with Crippen LogP contribution in [0.5, 0.6) is 0 Å². The fraction of sp³-hybridized carbons (Fsp3) is 0. The van der Waals surface area contributed by atoms with E-state index in [2.05, 4.69) is 20.5 Å². The number of nitrogens with zero attached hydrogens (tertiary/aromatic N) is 3. The standard InChI is InChI=1S/C8H5ClN4O2/c9-6-2-1-5(15-6)7(14)12-8-10-3-4-11-13-8/h1-4H,(H,10,12,13,14). The van der Waals surface area contributed by atoms with Gasteiger partial charge in [0.15, 0.2) is 11.0 Å². The van der Waals surface area contributed by atoms with Crippen LogP contribution in [-0.4, -0.2) is 21.1 Å². The van der Waals surface area contributed by atoms with Crippen molar-refractivity contribution in [2.45, 2.75) is 0 Å². The maximum absolute atomic E-state index is 11.5. The number of aromatic nitrogens is 3. The van der Waals surface area contributed by atoms with Crippen LogP contribution in [0.2, 0.25) is 5.22 Å². The van der Waals surface area contributed by atoms with Crippen molar-refractivity contribution in [2.24, 2.45) is 0 Å². The van der Waals surface area contributed by atoms with E-state index in [1.807, 2.05) is 0 Å². The molecule has 1 N–H and O–H groups in total. The number of amides is 1. The largest absolute Gasteiger partial charge is 0.440 e. The summed E-state index contributed by atoms with van der Waals surface area (Å²) in [7, 11) is 0. The van der Waals surface area contributed by atoms with Crippen LogP contribution in [-0.2, 0) is 0 Å². The lowest BCUT2D eigenvalue weighted by molar-refractivity contribution is 0.0995. The fourth-order valence-electron chi connectivity index (χ4n) is 0.904. The lowest BCUT2D eigenvalue weighted by atomic mass is 10.4. The zero-order valence-corrected chi connectivity index (χ0v) is 8.10. The van der Waals surface area contributed by atoms with Gasteiger partial charge in [-0.15, -0.1) is 5.10 Å². The third-order valence-corrected chi connectivity index (χ3v) is 1.71. The molecule has 0 saturated heterocycles. The molecule has 7 heteroatoms. The summed E-state index contributed by atoms with van der Waals surface area (Å²) in [6.07, 6.45) is 2.82. The summed E-state index contributed by atoms with van der Waals surface area (Å²) in [5.41, 5.74) is 0. The zero-order chi connectivity index (χ0) is 10.7. The monoisotopic (exact) mass is 224 g/mol. The number of carbonyl (C=O) groups is 1. The quantitative estimate of drug-likeness (QED) is 0.833. The maximum Gasteiger partial charge on any atom is 0.293 e.